The number of ether oxygens (including phenoxy) is 1. The molecule has 116 valence electrons. The monoisotopic (exact) mass is 297 g/mol. The molecule has 1 aromatic heterocycles. The lowest BCUT2D eigenvalue weighted by Gasteiger charge is -2.30. The average Bonchev–Trinajstić information content (AvgIpc) is 3.05. The zero-order valence-corrected chi connectivity index (χ0v) is 12.2. The number of H-pyrrole nitrogens is 1. The first kappa shape index (κ1) is 15.2. The standard InChI is InChI=1S/C12H19N5O4/c1-7-13-10(15-14-7)4-16(2)12(20)17(3)9-6-21-5-8(9)11(18)19/h8-9H,4-6H2,1-3H3,(H,18,19)(H,13,14,15). The lowest BCUT2D eigenvalue weighted by atomic mass is 10.0. The van der Waals surface area contributed by atoms with Gasteiger partial charge in [0.05, 0.1) is 25.8 Å². The minimum atomic E-state index is -0.954. The lowest BCUT2D eigenvalue weighted by Crippen LogP contribution is -2.48. The molecule has 2 atom stereocenters. The van der Waals surface area contributed by atoms with Gasteiger partial charge in [0.2, 0.25) is 0 Å². The Labute approximate surface area is 121 Å². The van der Waals surface area contributed by atoms with Crippen molar-refractivity contribution in [1.29, 1.82) is 0 Å². The first-order valence-electron chi connectivity index (χ1n) is 6.56. The molecule has 0 bridgehead atoms. The Morgan fingerprint density at radius 3 is 2.71 bits per heavy atom. The number of rotatable bonds is 4. The summed E-state index contributed by atoms with van der Waals surface area (Å²) in [5, 5.41) is 15.8. The van der Waals surface area contributed by atoms with Crippen molar-refractivity contribution >= 4 is 12.0 Å². The van der Waals surface area contributed by atoms with Crippen LogP contribution in [0.25, 0.3) is 0 Å². The van der Waals surface area contributed by atoms with Gasteiger partial charge in [0.25, 0.3) is 0 Å². The number of nitrogens with one attached hydrogen (secondary N) is 1. The lowest BCUT2D eigenvalue weighted by molar-refractivity contribution is -0.142. The van der Waals surface area contributed by atoms with Crippen LogP contribution in [0.3, 0.4) is 0 Å². The number of carbonyl (C=O) groups excluding carboxylic acids is 1. The Hall–Kier alpha value is -2.16. The van der Waals surface area contributed by atoms with E-state index in [0.717, 1.165) is 0 Å². The van der Waals surface area contributed by atoms with Crippen LogP contribution in [0.2, 0.25) is 0 Å². The Bertz CT molecular complexity index is 531. The summed E-state index contributed by atoms with van der Waals surface area (Å²) in [6.45, 7) is 2.38. The van der Waals surface area contributed by atoms with E-state index in [-0.39, 0.29) is 25.8 Å². The van der Waals surface area contributed by atoms with Crippen molar-refractivity contribution in [3.8, 4) is 0 Å². The number of aromatic amines is 1. The first-order valence-corrected chi connectivity index (χ1v) is 6.56. The summed E-state index contributed by atoms with van der Waals surface area (Å²) in [5.74, 6) is -0.467. The van der Waals surface area contributed by atoms with Crippen molar-refractivity contribution in [2.75, 3.05) is 27.3 Å². The average molecular weight is 297 g/mol. The van der Waals surface area contributed by atoms with Gasteiger partial charge in [-0.15, -0.1) is 0 Å². The number of aryl methyl sites for hydroxylation is 1. The molecular weight excluding hydrogens is 278 g/mol. The fourth-order valence-corrected chi connectivity index (χ4v) is 2.31. The molecule has 1 saturated heterocycles. The third-order valence-electron chi connectivity index (χ3n) is 3.52. The highest BCUT2D eigenvalue weighted by atomic mass is 16.5. The van der Waals surface area contributed by atoms with Gasteiger partial charge in [-0.25, -0.2) is 9.78 Å². The zero-order chi connectivity index (χ0) is 15.6. The van der Waals surface area contributed by atoms with Crippen LogP contribution < -0.4 is 0 Å². The van der Waals surface area contributed by atoms with E-state index in [9.17, 15) is 9.59 Å². The predicted molar refractivity (Wildman–Crippen MR) is 71.5 cm³/mol. The van der Waals surface area contributed by atoms with E-state index >= 15 is 0 Å². The Balaban J connectivity index is 1.99. The quantitative estimate of drug-likeness (QED) is 0.789. The number of urea groups is 1. The number of carboxylic acids is 1. The number of carbonyl (C=O) groups is 2. The van der Waals surface area contributed by atoms with Crippen LogP contribution in [0.4, 0.5) is 4.79 Å². The molecule has 9 nitrogen and oxygen atoms in total. The second-order valence-electron chi connectivity index (χ2n) is 5.14. The summed E-state index contributed by atoms with van der Waals surface area (Å²) in [6, 6.07) is -0.759. The minimum absolute atomic E-state index is 0.126. The van der Waals surface area contributed by atoms with Crippen molar-refractivity contribution in [2.24, 2.45) is 5.92 Å². The summed E-state index contributed by atoms with van der Waals surface area (Å²) < 4.78 is 5.18. The number of likely N-dealkylation sites (N-methyl/N-ethyl adjacent to an activating group) is 1. The number of hydrogen-bond acceptors (Lipinski definition) is 5. The van der Waals surface area contributed by atoms with Gasteiger partial charge in [-0.2, -0.15) is 5.10 Å². The summed E-state index contributed by atoms with van der Waals surface area (Å²) in [4.78, 5) is 30.5. The SMILES string of the molecule is Cc1nc(CN(C)C(=O)N(C)C2COCC2C(=O)O)n[nH]1. The molecular formula is C12H19N5O4. The summed E-state index contributed by atoms with van der Waals surface area (Å²) >= 11 is 0. The molecule has 0 saturated carbocycles. The van der Waals surface area contributed by atoms with Crippen LogP contribution >= 0.6 is 0 Å². The van der Waals surface area contributed by atoms with Gasteiger partial charge in [0, 0.05) is 14.1 Å². The Morgan fingerprint density at radius 2 is 2.14 bits per heavy atom. The number of aromatic nitrogens is 3. The molecule has 1 aliphatic rings. The van der Waals surface area contributed by atoms with Crippen LogP contribution in [0.5, 0.6) is 0 Å². The molecule has 0 aromatic carbocycles. The molecule has 2 rings (SSSR count). The molecule has 1 aromatic rings. The molecule has 1 aliphatic heterocycles. The van der Waals surface area contributed by atoms with E-state index in [2.05, 4.69) is 15.2 Å². The third kappa shape index (κ3) is 3.30. The van der Waals surface area contributed by atoms with E-state index in [4.69, 9.17) is 9.84 Å². The number of amides is 2. The van der Waals surface area contributed by atoms with Gasteiger partial charge in [-0.3, -0.25) is 9.89 Å². The van der Waals surface area contributed by atoms with Gasteiger partial charge in [-0.05, 0) is 6.92 Å². The van der Waals surface area contributed by atoms with E-state index in [1.807, 2.05) is 0 Å². The smallest absolute Gasteiger partial charge is 0.320 e. The van der Waals surface area contributed by atoms with E-state index < -0.39 is 17.9 Å². The van der Waals surface area contributed by atoms with E-state index in [1.54, 1.807) is 21.0 Å². The van der Waals surface area contributed by atoms with Gasteiger partial charge in [0.1, 0.15) is 11.7 Å². The van der Waals surface area contributed by atoms with Crippen molar-refractivity contribution < 1.29 is 19.4 Å². The highest BCUT2D eigenvalue weighted by Crippen LogP contribution is 2.20. The minimum Gasteiger partial charge on any atom is -0.481 e. The van der Waals surface area contributed by atoms with Gasteiger partial charge < -0.3 is 19.6 Å². The normalized spacial score (nSPS) is 21.3. The molecule has 2 amide bonds. The summed E-state index contributed by atoms with van der Waals surface area (Å²) in [6.07, 6.45) is 0. The van der Waals surface area contributed by atoms with Crippen molar-refractivity contribution in [3.63, 3.8) is 0 Å². The maximum Gasteiger partial charge on any atom is 0.320 e. The maximum atomic E-state index is 12.3. The molecule has 9 heteroatoms. The van der Waals surface area contributed by atoms with Crippen LogP contribution in [0.1, 0.15) is 11.6 Å². The molecule has 0 aliphatic carbocycles. The Kier molecular flexibility index (Phi) is 4.41. The third-order valence-corrected chi connectivity index (χ3v) is 3.52. The van der Waals surface area contributed by atoms with Crippen LogP contribution in [0.15, 0.2) is 0 Å². The van der Waals surface area contributed by atoms with Crippen molar-refractivity contribution in [3.05, 3.63) is 11.6 Å². The number of nitrogens with zero attached hydrogens (tertiary/aromatic N) is 4. The number of aliphatic carboxylic acids is 1. The number of hydrogen-bond donors (Lipinski definition) is 2. The topological polar surface area (TPSA) is 112 Å². The summed E-state index contributed by atoms with van der Waals surface area (Å²) in [5.41, 5.74) is 0. The largest absolute Gasteiger partial charge is 0.481 e. The summed E-state index contributed by atoms with van der Waals surface area (Å²) in [7, 11) is 3.20. The molecule has 2 N–H and O–H groups in total. The first-order chi connectivity index (χ1) is 9.90. The highest BCUT2D eigenvalue weighted by Gasteiger charge is 2.39. The number of carboxylic acid groups (broad SMARTS) is 1. The fraction of sp³-hybridized carbons (Fsp3) is 0.667. The van der Waals surface area contributed by atoms with Gasteiger partial charge in [0.15, 0.2) is 5.82 Å². The molecule has 1 fully saturated rings. The molecule has 2 heterocycles. The molecule has 0 radical (unpaired) electrons. The van der Waals surface area contributed by atoms with Crippen LogP contribution in [0, 0.1) is 12.8 Å². The second kappa shape index (κ2) is 6.08. The second-order valence-corrected chi connectivity index (χ2v) is 5.14. The van der Waals surface area contributed by atoms with Crippen molar-refractivity contribution in [1.82, 2.24) is 25.0 Å². The van der Waals surface area contributed by atoms with Gasteiger partial charge in [-0.1, -0.05) is 0 Å². The fourth-order valence-electron chi connectivity index (χ4n) is 2.31. The molecule has 21 heavy (non-hydrogen) atoms. The predicted octanol–water partition coefficient (Wildman–Crippen LogP) is -0.304. The van der Waals surface area contributed by atoms with Gasteiger partial charge >= 0.3 is 12.0 Å². The van der Waals surface area contributed by atoms with Crippen LogP contribution in [-0.2, 0) is 16.1 Å². The Morgan fingerprint density at radius 1 is 1.43 bits per heavy atom. The van der Waals surface area contributed by atoms with Crippen LogP contribution in [-0.4, -0.2) is 75.4 Å². The van der Waals surface area contributed by atoms with E-state index in [1.165, 1.54) is 9.80 Å². The van der Waals surface area contributed by atoms with E-state index in [0.29, 0.717) is 11.6 Å². The molecule has 2 unspecified atom stereocenters. The highest BCUT2D eigenvalue weighted by molar-refractivity contribution is 5.77. The molecule has 0 spiro atoms. The zero-order valence-electron chi connectivity index (χ0n) is 12.2. The van der Waals surface area contributed by atoms with Crippen molar-refractivity contribution in [2.45, 2.75) is 19.5 Å². The maximum absolute atomic E-state index is 12.3.